The summed E-state index contributed by atoms with van der Waals surface area (Å²) in [5.41, 5.74) is 2.35. The van der Waals surface area contributed by atoms with E-state index in [9.17, 15) is 14.7 Å². The van der Waals surface area contributed by atoms with E-state index in [0.29, 0.717) is 11.3 Å². The van der Waals surface area contributed by atoms with Crippen molar-refractivity contribution in [2.45, 2.75) is 51.1 Å². The van der Waals surface area contributed by atoms with Crippen molar-refractivity contribution in [3.8, 4) is 5.75 Å². The third-order valence-electron chi connectivity index (χ3n) is 6.89. The summed E-state index contributed by atoms with van der Waals surface area (Å²) in [7, 11) is 1.54. The summed E-state index contributed by atoms with van der Waals surface area (Å²) >= 11 is 0. The van der Waals surface area contributed by atoms with Gasteiger partial charge in [0, 0.05) is 11.4 Å². The number of nitrogens with zero attached hydrogens (tertiary/aromatic N) is 1. The summed E-state index contributed by atoms with van der Waals surface area (Å²) in [4.78, 5) is 28.8. The number of rotatable bonds is 5. The van der Waals surface area contributed by atoms with Crippen LogP contribution in [0.25, 0.3) is 11.0 Å². The van der Waals surface area contributed by atoms with Crippen LogP contribution < -0.4 is 4.74 Å². The monoisotopic (exact) mass is 445 g/mol. The summed E-state index contributed by atoms with van der Waals surface area (Å²) in [6.45, 7) is 1.96. The zero-order chi connectivity index (χ0) is 23.1. The maximum atomic E-state index is 13.8. The molecule has 5 rings (SSSR count). The minimum Gasteiger partial charge on any atom is -0.503 e. The Labute approximate surface area is 192 Å². The van der Waals surface area contributed by atoms with Crippen molar-refractivity contribution >= 4 is 22.7 Å². The van der Waals surface area contributed by atoms with Gasteiger partial charge in [-0.15, -0.1) is 0 Å². The Morgan fingerprint density at radius 2 is 1.85 bits per heavy atom. The van der Waals surface area contributed by atoms with Crippen molar-refractivity contribution in [1.82, 2.24) is 4.90 Å². The number of hydrogen-bond donors (Lipinski definition) is 1. The van der Waals surface area contributed by atoms with Gasteiger partial charge in [0.2, 0.25) is 5.78 Å². The third kappa shape index (κ3) is 3.50. The lowest BCUT2D eigenvalue weighted by molar-refractivity contribution is -0.132. The minimum absolute atomic E-state index is 0.0147. The van der Waals surface area contributed by atoms with Gasteiger partial charge in [0.05, 0.1) is 18.7 Å². The predicted molar refractivity (Wildman–Crippen MR) is 124 cm³/mol. The van der Waals surface area contributed by atoms with Gasteiger partial charge in [-0.2, -0.15) is 0 Å². The smallest absolute Gasteiger partial charge is 0.290 e. The quantitative estimate of drug-likeness (QED) is 0.513. The molecule has 1 amide bonds. The standard InChI is InChI=1S/C27H27NO5/c1-16-9-6-7-13-19(16)23-22(25(30)27(31)28(23)18-11-4-3-5-12-18)24(29)21-15-17-10-8-14-20(32-2)26(17)33-21/h6-10,13-15,18,23,30H,3-5,11-12H2,1-2H3. The summed E-state index contributed by atoms with van der Waals surface area (Å²) in [5, 5.41) is 11.7. The normalized spacial score (nSPS) is 19.5. The van der Waals surface area contributed by atoms with E-state index in [-0.39, 0.29) is 17.4 Å². The lowest BCUT2D eigenvalue weighted by Gasteiger charge is -2.37. The van der Waals surface area contributed by atoms with E-state index in [1.54, 1.807) is 24.1 Å². The molecular weight excluding hydrogens is 418 g/mol. The highest BCUT2D eigenvalue weighted by atomic mass is 16.5. The number of ether oxygens (including phenoxy) is 1. The topological polar surface area (TPSA) is 80.0 Å². The van der Waals surface area contributed by atoms with Crippen molar-refractivity contribution < 1.29 is 23.8 Å². The average molecular weight is 446 g/mol. The Bertz CT molecular complexity index is 1260. The summed E-state index contributed by atoms with van der Waals surface area (Å²) in [6.07, 6.45) is 4.93. The van der Waals surface area contributed by atoms with Crippen LogP contribution >= 0.6 is 0 Å². The summed E-state index contributed by atoms with van der Waals surface area (Å²) in [6, 6.07) is 14.1. The number of hydrogen-bond acceptors (Lipinski definition) is 5. The number of benzene rings is 2. The first-order valence-corrected chi connectivity index (χ1v) is 11.4. The summed E-state index contributed by atoms with van der Waals surface area (Å²) < 4.78 is 11.3. The van der Waals surface area contributed by atoms with Crippen LogP contribution in [-0.2, 0) is 4.79 Å². The van der Waals surface area contributed by atoms with E-state index in [1.165, 1.54) is 0 Å². The Balaban J connectivity index is 1.63. The van der Waals surface area contributed by atoms with Gasteiger partial charge in [-0.3, -0.25) is 9.59 Å². The maximum Gasteiger partial charge on any atom is 0.290 e. The zero-order valence-electron chi connectivity index (χ0n) is 18.8. The van der Waals surface area contributed by atoms with E-state index in [0.717, 1.165) is 48.6 Å². The first-order chi connectivity index (χ1) is 16.0. The fourth-order valence-corrected chi connectivity index (χ4v) is 5.23. The number of fused-ring (bicyclic) bond motifs is 1. The van der Waals surface area contributed by atoms with Gasteiger partial charge in [-0.05, 0) is 43.0 Å². The highest BCUT2D eigenvalue weighted by Gasteiger charge is 2.47. The van der Waals surface area contributed by atoms with Gasteiger partial charge in [-0.25, -0.2) is 0 Å². The molecule has 33 heavy (non-hydrogen) atoms. The predicted octanol–water partition coefficient (Wildman–Crippen LogP) is 5.66. The molecule has 1 saturated carbocycles. The number of methoxy groups -OCH3 is 1. The first-order valence-electron chi connectivity index (χ1n) is 11.4. The molecule has 1 aromatic heterocycles. The van der Waals surface area contributed by atoms with Gasteiger partial charge in [0.25, 0.3) is 5.91 Å². The zero-order valence-corrected chi connectivity index (χ0v) is 18.8. The van der Waals surface area contributed by atoms with Gasteiger partial charge in [0.15, 0.2) is 22.9 Å². The minimum atomic E-state index is -0.649. The van der Waals surface area contributed by atoms with Crippen LogP contribution in [0.2, 0.25) is 0 Å². The van der Waals surface area contributed by atoms with E-state index >= 15 is 0 Å². The Hall–Kier alpha value is -3.54. The fraction of sp³-hybridized carbons (Fsp3) is 0.333. The second-order valence-electron chi connectivity index (χ2n) is 8.84. The van der Waals surface area contributed by atoms with E-state index in [1.807, 2.05) is 43.3 Å². The number of carbonyl (C=O) groups excluding carboxylic acids is 2. The van der Waals surface area contributed by atoms with Gasteiger partial charge < -0.3 is 19.2 Å². The Morgan fingerprint density at radius 1 is 1.09 bits per heavy atom. The molecule has 0 spiro atoms. The second kappa shape index (κ2) is 8.43. The number of aliphatic hydroxyl groups is 1. The van der Waals surface area contributed by atoms with Crippen LogP contribution in [0.3, 0.4) is 0 Å². The molecule has 2 heterocycles. The third-order valence-corrected chi connectivity index (χ3v) is 6.89. The lowest BCUT2D eigenvalue weighted by atomic mass is 9.88. The molecule has 0 bridgehead atoms. The molecule has 0 radical (unpaired) electrons. The van der Waals surface area contributed by atoms with Crippen molar-refractivity contribution in [3.63, 3.8) is 0 Å². The number of amides is 1. The number of aliphatic hydroxyl groups excluding tert-OH is 1. The molecule has 6 nitrogen and oxygen atoms in total. The molecule has 3 aromatic rings. The van der Waals surface area contributed by atoms with Crippen LogP contribution in [0.4, 0.5) is 0 Å². The molecule has 1 N–H and O–H groups in total. The number of para-hydroxylation sites is 1. The van der Waals surface area contributed by atoms with Crippen molar-refractivity contribution in [1.29, 1.82) is 0 Å². The van der Waals surface area contributed by atoms with Gasteiger partial charge >= 0.3 is 0 Å². The lowest BCUT2D eigenvalue weighted by Crippen LogP contribution is -2.41. The van der Waals surface area contributed by atoms with Crippen LogP contribution in [0.5, 0.6) is 5.75 Å². The molecule has 1 unspecified atom stereocenters. The highest BCUT2D eigenvalue weighted by molar-refractivity contribution is 6.16. The number of furan rings is 1. The van der Waals surface area contributed by atoms with Crippen molar-refractivity contribution in [2.75, 3.05) is 7.11 Å². The number of carbonyl (C=O) groups is 2. The number of Topliss-reactive ketones (excluding diaryl/α,β-unsaturated/α-hetero) is 1. The SMILES string of the molecule is COc1cccc2cc(C(=O)C3=C(O)C(=O)N(C4CCCCC4)C3c3ccccc3C)oc12. The molecule has 6 heteroatoms. The van der Waals surface area contributed by atoms with Crippen LogP contribution in [-0.4, -0.2) is 34.8 Å². The fourth-order valence-electron chi connectivity index (χ4n) is 5.23. The second-order valence-corrected chi connectivity index (χ2v) is 8.84. The van der Waals surface area contributed by atoms with Crippen molar-refractivity contribution in [2.24, 2.45) is 0 Å². The molecule has 1 fully saturated rings. The van der Waals surface area contributed by atoms with Gasteiger partial charge in [0.1, 0.15) is 0 Å². The molecular formula is C27H27NO5. The number of aryl methyl sites for hydroxylation is 1. The Morgan fingerprint density at radius 3 is 2.58 bits per heavy atom. The van der Waals surface area contributed by atoms with Crippen LogP contribution in [0.1, 0.15) is 59.8 Å². The van der Waals surface area contributed by atoms with Crippen molar-refractivity contribution in [3.05, 3.63) is 76.8 Å². The molecule has 1 aliphatic heterocycles. The van der Waals surface area contributed by atoms with E-state index in [2.05, 4.69) is 0 Å². The van der Waals surface area contributed by atoms with E-state index in [4.69, 9.17) is 9.15 Å². The molecule has 2 aliphatic rings. The molecule has 2 aromatic carbocycles. The number of ketones is 1. The summed E-state index contributed by atoms with van der Waals surface area (Å²) in [5.74, 6) is -0.844. The largest absolute Gasteiger partial charge is 0.503 e. The molecule has 1 aliphatic carbocycles. The van der Waals surface area contributed by atoms with Crippen LogP contribution in [0, 0.1) is 6.92 Å². The first kappa shape index (κ1) is 21.3. The molecule has 0 saturated heterocycles. The van der Waals surface area contributed by atoms with Gasteiger partial charge in [-0.1, -0.05) is 55.7 Å². The Kier molecular flexibility index (Phi) is 5.44. The maximum absolute atomic E-state index is 13.8. The van der Waals surface area contributed by atoms with E-state index < -0.39 is 23.5 Å². The molecule has 170 valence electrons. The highest BCUT2D eigenvalue weighted by Crippen LogP contribution is 2.44. The average Bonchev–Trinajstić information content (AvgIpc) is 3.39. The van der Waals surface area contributed by atoms with Crippen LogP contribution in [0.15, 0.2) is 64.3 Å². The molecule has 1 atom stereocenters.